The second-order valence-electron chi connectivity index (χ2n) is 3.08. The van der Waals surface area contributed by atoms with Crippen molar-refractivity contribution in [1.29, 1.82) is 5.41 Å². The fourth-order valence-electron chi connectivity index (χ4n) is 1.19. The maximum Gasteiger partial charge on any atom is 0.226 e. The van der Waals surface area contributed by atoms with E-state index in [0.29, 0.717) is 12.3 Å². The monoisotopic (exact) mass is 186 g/mol. The molecule has 12 heavy (non-hydrogen) atoms. The lowest BCUT2D eigenvalue weighted by molar-refractivity contribution is -0.121. The number of carbonyl (C=O) groups excluding carboxylic acids is 1. The molecule has 0 heterocycles. The molecule has 0 aromatic rings. The Balaban J connectivity index is 2.14. The van der Waals surface area contributed by atoms with E-state index in [0.717, 1.165) is 0 Å². The molecule has 0 aromatic carbocycles. The summed E-state index contributed by atoms with van der Waals surface area (Å²) in [5, 5.41) is 10.0. The van der Waals surface area contributed by atoms with Crippen LogP contribution in [0.25, 0.3) is 0 Å². The molecule has 1 amide bonds. The van der Waals surface area contributed by atoms with Gasteiger partial charge in [-0.3, -0.25) is 10.2 Å². The number of amidine groups is 1. The van der Waals surface area contributed by atoms with E-state index in [4.69, 9.17) is 5.41 Å². The van der Waals surface area contributed by atoms with Gasteiger partial charge in [-0.2, -0.15) is 0 Å². The van der Waals surface area contributed by atoms with Crippen molar-refractivity contribution in [3.63, 3.8) is 0 Å². The number of amides is 1. The molecule has 0 radical (unpaired) electrons. The van der Waals surface area contributed by atoms with Crippen molar-refractivity contribution in [2.75, 3.05) is 6.26 Å². The summed E-state index contributed by atoms with van der Waals surface area (Å²) in [5.74, 6) is 0.582. The molecule has 2 N–H and O–H groups in total. The van der Waals surface area contributed by atoms with Gasteiger partial charge in [-0.05, 0) is 25.0 Å². The predicted octanol–water partition coefficient (Wildman–Crippen LogP) is 1.59. The van der Waals surface area contributed by atoms with Crippen molar-refractivity contribution >= 4 is 22.8 Å². The van der Waals surface area contributed by atoms with Gasteiger partial charge in [-0.1, -0.05) is 18.2 Å². The summed E-state index contributed by atoms with van der Waals surface area (Å²) >= 11 is 1.26. The zero-order chi connectivity index (χ0) is 8.97. The second kappa shape index (κ2) is 4.50. The largest absolute Gasteiger partial charge is 0.306 e. The molecule has 0 spiro atoms. The van der Waals surface area contributed by atoms with Crippen LogP contribution in [-0.2, 0) is 4.79 Å². The van der Waals surface area contributed by atoms with Crippen molar-refractivity contribution < 1.29 is 4.79 Å². The van der Waals surface area contributed by atoms with Crippen LogP contribution in [-0.4, -0.2) is 17.3 Å². The van der Waals surface area contributed by atoms with Gasteiger partial charge in [0.05, 0.1) is 0 Å². The Bertz CT molecular complexity index is 189. The van der Waals surface area contributed by atoms with Gasteiger partial charge < -0.3 is 5.32 Å². The lowest BCUT2D eigenvalue weighted by Gasteiger charge is -2.24. The Morgan fingerprint density at radius 3 is 2.75 bits per heavy atom. The quantitative estimate of drug-likeness (QED) is 0.508. The highest BCUT2D eigenvalue weighted by Gasteiger charge is 2.20. The minimum absolute atomic E-state index is 0.000880. The Kier molecular flexibility index (Phi) is 3.59. The highest BCUT2D eigenvalue weighted by molar-refractivity contribution is 8.13. The first-order chi connectivity index (χ1) is 5.72. The topological polar surface area (TPSA) is 53.0 Å². The maximum absolute atomic E-state index is 11.2. The van der Waals surface area contributed by atoms with Gasteiger partial charge in [-0.25, -0.2) is 0 Å². The van der Waals surface area contributed by atoms with E-state index in [1.54, 1.807) is 6.26 Å². The first-order valence-corrected chi connectivity index (χ1v) is 5.37. The minimum Gasteiger partial charge on any atom is -0.306 e. The molecule has 1 rings (SSSR count). The Hall–Kier alpha value is -0.510. The van der Waals surface area contributed by atoms with Crippen LogP contribution in [0.5, 0.6) is 0 Å². The maximum atomic E-state index is 11.2. The first-order valence-electron chi connectivity index (χ1n) is 4.14. The van der Waals surface area contributed by atoms with Crippen molar-refractivity contribution in [2.24, 2.45) is 5.92 Å². The summed E-state index contributed by atoms with van der Waals surface area (Å²) in [6.07, 6.45) is 6.01. The molecule has 1 aliphatic rings. The molecule has 1 saturated carbocycles. The fourth-order valence-corrected chi connectivity index (χ4v) is 1.40. The molecule has 0 atom stereocenters. The van der Waals surface area contributed by atoms with Crippen LogP contribution < -0.4 is 5.32 Å². The van der Waals surface area contributed by atoms with E-state index < -0.39 is 0 Å². The number of hydrogen-bond acceptors (Lipinski definition) is 3. The zero-order valence-electron chi connectivity index (χ0n) is 7.22. The lowest BCUT2D eigenvalue weighted by atomic mass is 9.83. The van der Waals surface area contributed by atoms with Crippen LogP contribution in [0.2, 0.25) is 0 Å². The fraction of sp³-hybridized carbons (Fsp3) is 0.750. The van der Waals surface area contributed by atoms with Crippen molar-refractivity contribution in [3.8, 4) is 0 Å². The predicted molar refractivity (Wildman–Crippen MR) is 51.3 cm³/mol. The van der Waals surface area contributed by atoms with Crippen LogP contribution in [0, 0.1) is 11.3 Å². The summed E-state index contributed by atoms with van der Waals surface area (Å²) < 4.78 is 0. The molecule has 0 aromatic heterocycles. The highest BCUT2D eigenvalue weighted by Crippen LogP contribution is 2.29. The van der Waals surface area contributed by atoms with Gasteiger partial charge >= 0.3 is 0 Å². The van der Waals surface area contributed by atoms with E-state index in [1.807, 2.05) is 0 Å². The van der Waals surface area contributed by atoms with Gasteiger partial charge in [0.25, 0.3) is 0 Å². The molecular formula is C8H14N2OS. The Labute approximate surface area is 76.8 Å². The van der Waals surface area contributed by atoms with E-state index in [-0.39, 0.29) is 11.1 Å². The number of thioether (sulfide) groups is 1. The highest BCUT2D eigenvalue weighted by atomic mass is 32.2. The summed E-state index contributed by atoms with van der Waals surface area (Å²) in [5.41, 5.74) is 0. The summed E-state index contributed by atoms with van der Waals surface area (Å²) in [6.45, 7) is 0. The third kappa shape index (κ3) is 2.85. The van der Waals surface area contributed by atoms with Crippen molar-refractivity contribution in [2.45, 2.75) is 25.7 Å². The average molecular weight is 186 g/mol. The first kappa shape index (κ1) is 9.58. The molecule has 0 bridgehead atoms. The van der Waals surface area contributed by atoms with Gasteiger partial charge in [0.15, 0.2) is 5.17 Å². The van der Waals surface area contributed by atoms with Crippen LogP contribution in [0.3, 0.4) is 0 Å². The van der Waals surface area contributed by atoms with E-state index in [9.17, 15) is 4.79 Å². The van der Waals surface area contributed by atoms with Crippen LogP contribution in [0.4, 0.5) is 0 Å². The molecule has 68 valence electrons. The van der Waals surface area contributed by atoms with Gasteiger partial charge in [0, 0.05) is 6.42 Å². The lowest BCUT2D eigenvalue weighted by Crippen LogP contribution is -2.30. The summed E-state index contributed by atoms with van der Waals surface area (Å²) in [4.78, 5) is 11.2. The second-order valence-corrected chi connectivity index (χ2v) is 3.90. The third-order valence-corrected chi connectivity index (χ3v) is 2.67. The van der Waals surface area contributed by atoms with Crippen LogP contribution in [0.15, 0.2) is 0 Å². The summed E-state index contributed by atoms with van der Waals surface area (Å²) in [7, 11) is 0. The number of carbonyl (C=O) groups is 1. The average Bonchev–Trinajstić information content (AvgIpc) is 1.97. The molecule has 0 saturated heterocycles. The molecule has 0 unspecified atom stereocenters. The van der Waals surface area contributed by atoms with Crippen molar-refractivity contribution in [1.82, 2.24) is 5.32 Å². The van der Waals surface area contributed by atoms with Gasteiger partial charge in [-0.15, -0.1) is 0 Å². The standard InChI is InChI=1S/C8H14N2OS/c1-12-8(9)10-7(11)5-6-3-2-4-6/h6H,2-5H2,1H3,(H2,9,10,11). The smallest absolute Gasteiger partial charge is 0.226 e. The molecule has 1 fully saturated rings. The van der Waals surface area contributed by atoms with E-state index >= 15 is 0 Å². The number of nitrogens with one attached hydrogen (secondary N) is 2. The normalized spacial score (nSPS) is 16.8. The van der Waals surface area contributed by atoms with Gasteiger partial charge in [0.1, 0.15) is 0 Å². The molecular weight excluding hydrogens is 172 g/mol. The summed E-state index contributed by atoms with van der Waals surface area (Å²) in [6, 6.07) is 0. The van der Waals surface area contributed by atoms with E-state index in [1.165, 1.54) is 31.0 Å². The van der Waals surface area contributed by atoms with Gasteiger partial charge in [0.2, 0.25) is 5.91 Å². The molecule has 3 nitrogen and oxygen atoms in total. The van der Waals surface area contributed by atoms with Crippen molar-refractivity contribution in [3.05, 3.63) is 0 Å². The van der Waals surface area contributed by atoms with Crippen LogP contribution >= 0.6 is 11.8 Å². The number of hydrogen-bond donors (Lipinski definition) is 2. The zero-order valence-corrected chi connectivity index (χ0v) is 8.04. The Morgan fingerprint density at radius 2 is 2.33 bits per heavy atom. The number of rotatable bonds is 2. The Morgan fingerprint density at radius 1 is 1.67 bits per heavy atom. The minimum atomic E-state index is -0.000880. The van der Waals surface area contributed by atoms with Crippen LogP contribution in [0.1, 0.15) is 25.7 Å². The third-order valence-electron chi connectivity index (χ3n) is 2.16. The molecule has 1 aliphatic carbocycles. The molecule has 0 aliphatic heterocycles. The SMILES string of the molecule is CSC(=N)NC(=O)CC1CCC1. The van der Waals surface area contributed by atoms with E-state index in [2.05, 4.69) is 5.32 Å². The molecule has 4 heteroatoms.